The Bertz CT molecular complexity index is 1980. The number of amides is 1. The first-order chi connectivity index (χ1) is 20.6. The second-order valence-electron chi connectivity index (χ2n) is 11.4. The summed E-state index contributed by atoms with van der Waals surface area (Å²) in [7, 11) is 0. The number of halogens is 1. The molecule has 1 atom stereocenters. The summed E-state index contributed by atoms with van der Waals surface area (Å²) in [5.41, 5.74) is 3.74. The minimum atomic E-state index is -0.562. The Hall–Kier alpha value is -4.86. The quantitative estimate of drug-likeness (QED) is 0.246. The molecule has 1 fully saturated rings. The monoisotopic (exact) mass is 580 g/mol. The van der Waals surface area contributed by atoms with Gasteiger partial charge in [-0.1, -0.05) is 32.6 Å². The number of fused-ring (bicyclic) bond motifs is 2. The highest BCUT2D eigenvalue weighted by atomic mass is 19.1. The van der Waals surface area contributed by atoms with Gasteiger partial charge in [0.05, 0.1) is 23.0 Å². The number of furan rings is 1. The number of hydrogen-bond acceptors (Lipinski definition) is 7. The van der Waals surface area contributed by atoms with E-state index in [1.165, 1.54) is 16.7 Å². The first-order valence-electron chi connectivity index (χ1n) is 14.3. The van der Waals surface area contributed by atoms with E-state index in [4.69, 9.17) is 9.40 Å². The third-order valence-corrected chi connectivity index (χ3v) is 8.18. The van der Waals surface area contributed by atoms with E-state index >= 15 is 4.39 Å². The number of carbonyl (C=O) groups is 1. The Balaban J connectivity index is 1.67. The molecule has 5 heterocycles. The predicted molar refractivity (Wildman–Crippen MR) is 165 cm³/mol. The molecule has 0 saturated carbocycles. The largest absolute Gasteiger partial charge is 0.464 e. The number of anilines is 1. The van der Waals surface area contributed by atoms with Gasteiger partial charge in [-0.25, -0.2) is 18.7 Å². The number of rotatable bonds is 5. The van der Waals surface area contributed by atoms with Crippen molar-refractivity contribution < 1.29 is 13.6 Å². The standard InChI is InChI=1S/C33H33FN6O3/c1-7-25(41)38-13-14-39(21(6)17-38)31-23-16-24(34)28(26-19(4)8-9-22-11-15-43-30(22)26)36-32(23)40(33(42)37-31)29-20(5)10-12-35-27(29)18(2)3/h7-12,15-16,18,21H,1,13-14,17H2,2-6H3/t21-/m0/s1. The van der Waals surface area contributed by atoms with E-state index in [1.54, 1.807) is 17.4 Å². The third-order valence-electron chi connectivity index (χ3n) is 8.18. The van der Waals surface area contributed by atoms with E-state index in [9.17, 15) is 9.59 Å². The molecule has 0 bridgehead atoms. The number of aromatic nitrogens is 4. The average molecular weight is 581 g/mol. The molecule has 1 aromatic carbocycles. The summed E-state index contributed by atoms with van der Waals surface area (Å²) < 4.78 is 23.5. The molecule has 1 amide bonds. The maximum atomic E-state index is 16.3. The highest BCUT2D eigenvalue weighted by Gasteiger charge is 2.31. The first kappa shape index (κ1) is 28.3. The minimum absolute atomic E-state index is 0.00828. The van der Waals surface area contributed by atoms with Gasteiger partial charge in [0.2, 0.25) is 5.91 Å². The highest BCUT2D eigenvalue weighted by Crippen LogP contribution is 2.37. The zero-order chi connectivity index (χ0) is 30.6. The van der Waals surface area contributed by atoms with Crippen LogP contribution in [0.1, 0.15) is 43.5 Å². The van der Waals surface area contributed by atoms with Gasteiger partial charge >= 0.3 is 5.69 Å². The summed E-state index contributed by atoms with van der Waals surface area (Å²) in [6.07, 6.45) is 4.58. The van der Waals surface area contributed by atoms with Gasteiger partial charge in [0.1, 0.15) is 17.1 Å². The molecule has 0 spiro atoms. The van der Waals surface area contributed by atoms with Crippen LogP contribution in [0.2, 0.25) is 0 Å². The second kappa shape index (κ2) is 10.8. The Kier molecular flexibility index (Phi) is 7.07. The van der Waals surface area contributed by atoms with E-state index in [0.29, 0.717) is 53.4 Å². The predicted octanol–water partition coefficient (Wildman–Crippen LogP) is 5.69. The Morgan fingerprint density at radius 2 is 1.93 bits per heavy atom. The van der Waals surface area contributed by atoms with Crippen LogP contribution in [0.15, 0.2) is 64.7 Å². The van der Waals surface area contributed by atoms with Crippen LogP contribution in [0, 0.1) is 19.7 Å². The van der Waals surface area contributed by atoms with Crippen LogP contribution in [-0.2, 0) is 4.79 Å². The fourth-order valence-electron chi connectivity index (χ4n) is 6.01. The molecule has 10 heteroatoms. The lowest BCUT2D eigenvalue weighted by Crippen LogP contribution is -2.54. The van der Waals surface area contributed by atoms with E-state index in [1.807, 2.05) is 63.8 Å². The van der Waals surface area contributed by atoms with Crippen LogP contribution in [0.25, 0.3) is 38.9 Å². The topological polar surface area (TPSA) is 97.4 Å². The molecule has 9 nitrogen and oxygen atoms in total. The second-order valence-corrected chi connectivity index (χ2v) is 11.4. The summed E-state index contributed by atoms with van der Waals surface area (Å²) in [4.78, 5) is 44.1. The first-order valence-corrected chi connectivity index (χ1v) is 14.3. The number of carbonyl (C=O) groups excluding carboxylic acids is 1. The SMILES string of the molecule is C=CC(=O)N1CCN(c2nc(=O)n(-c3c(C)ccnc3C(C)C)c3nc(-c4c(C)ccc5ccoc45)c(F)cc23)[C@@H](C)C1. The van der Waals surface area contributed by atoms with Crippen molar-refractivity contribution in [1.29, 1.82) is 0 Å². The zero-order valence-corrected chi connectivity index (χ0v) is 24.9. The summed E-state index contributed by atoms with van der Waals surface area (Å²) >= 11 is 0. The number of piperazine rings is 1. The molecule has 0 unspecified atom stereocenters. The lowest BCUT2D eigenvalue weighted by atomic mass is 10.0. The van der Waals surface area contributed by atoms with Crippen LogP contribution >= 0.6 is 0 Å². The van der Waals surface area contributed by atoms with E-state index in [0.717, 1.165) is 16.5 Å². The molecule has 220 valence electrons. The van der Waals surface area contributed by atoms with Gasteiger partial charge < -0.3 is 14.2 Å². The van der Waals surface area contributed by atoms with Gasteiger partial charge in [-0.15, -0.1) is 0 Å². The Morgan fingerprint density at radius 3 is 2.65 bits per heavy atom. The fraction of sp³-hybridized carbons (Fsp3) is 0.303. The summed E-state index contributed by atoms with van der Waals surface area (Å²) in [6.45, 7) is 14.6. The molecule has 6 rings (SSSR count). The fourth-order valence-corrected chi connectivity index (χ4v) is 6.01. The molecular formula is C33H33FN6O3. The smallest absolute Gasteiger partial charge is 0.355 e. The van der Waals surface area contributed by atoms with Gasteiger partial charge in [0.15, 0.2) is 11.5 Å². The summed E-state index contributed by atoms with van der Waals surface area (Å²) in [5, 5.41) is 1.21. The van der Waals surface area contributed by atoms with Gasteiger partial charge in [-0.3, -0.25) is 9.78 Å². The Morgan fingerprint density at radius 1 is 1.14 bits per heavy atom. The molecule has 1 saturated heterocycles. The van der Waals surface area contributed by atoms with Gasteiger partial charge in [0.25, 0.3) is 0 Å². The zero-order valence-electron chi connectivity index (χ0n) is 24.9. The average Bonchev–Trinajstić information content (AvgIpc) is 3.46. The van der Waals surface area contributed by atoms with Crippen molar-refractivity contribution in [3.8, 4) is 16.9 Å². The van der Waals surface area contributed by atoms with Crippen LogP contribution in [0.3, 0.4) is 0 Å². The van der Waals surface area contributed by atoms with E-state index in [-0.39, 0.29) is 29.2 Å². The van der Waals surface area contributed by atoms with Crippen LogP contribution in [-0.4, -0.2) is 56.0 Å². The van der Waals surface area contributed by atoms with E-state index in [2.05, 4.69) is 16.5 Å². The number of hydrogen-bond donors (Lipinski definition) is 0. The molecule has 0 radical (unpaired) electrons. The molecule has 0 N–H and O–H groups in total. The lowest BCUT2D eigenvalue weighted by Gasteiger charge is -2.40. The van der Waals surface area contributed by atoms with Crippen LogP contribution in [0.5, 0.6) is 0 Å². The van der Waals surface area contributed by atoms with Gasteiger partial charge in [-0.2, -0.15) is 4.98 Å². The lowest BCUT2D eigenvalue weighted by molar-refractivity contribution is -0.126. The highest BCUT2D eigenvalue weighted by molar-refractivity contribution is 5.96. The van der Waals surface area contributed by atoms with Crippen molar-refractivity contribution in [3.63, 3.8) is 0 Å². The van der Waals surface area contributed by atoms with Gasteiger partial charge in [0, 0.05) is 42.8 Å². The summed E-state index contributed by atoms with van der Waals surface area (Å²) in [6, 6.07) is 8.69. The number of pyridine rings is 2. The molecule has 4 aromatic heterocycles. The maximum Gasteiger partial charge on any atom is 0.355 e. The van der Waals surface area contributed by atoms with Crippen molar-refractivity contribution >= 4 is 33.7 Å². The number of nitrogens with zero attached hydrogens (tertiary/aromatic N) is 6. The molecular weight excluding hydrogens is 547 g/mol. The van der Waals surface area contributed by atoms with Crippen molar-refractivity contribution in [2.24, 2.45) is 0 Å². The maximum absolute atomic E-state index is 16.3. The molecule has 43 heavy (non-hydrogen) atoms. The van der Waals surface area contributed by atoms with Crippen molar-refractivity contribution in [2.45, 2.75) is 46.6 Å². The van der Waals surface area contributed by atoms with Crippen molar-refractivity contribution in [2.75, 3.05) is 24.5 Å². The molecule has 1 aliphatic rings. The number of aryl methyl sites for hydroxylation is 2. The molecule has 5 aromatic rings. The molecule has 0 aliphatic carbocycles. The number of benzene rings is 1. The Labute approximate surface area is 248 Å². The minimum Gasteiger partial charge on any atom is -0.464 e. The molecule has 1 aliphatic heterocycles. The van der Waals surface area contributed by atoms with Crippen LogP contribution in [0.4, 0.5) is 10.2 Å². The third kappa shape index (κ3) is 4.67. The van der Waals surface area contributed by atoms with Crippen LogP contribution < -0.4 is 10.6 Å². The normalized spacial score (nSPS) is 15.6. The van der Waals surface area contributed by atoms with Gasteiger partial charge in [-0.05, 0) is 62.1 Å². The van der Waals surface area contributed by atoms with Crippen molar-refractivity contribution in [3.05, 3.63) is 88.6 Å². The summed E-state index contributed by atoms with van der Waals surface area (Å²) in [5.74, 6) is -0.403. The van der Waals surface area contributed by atoms with E-state index < -0.39 is 11.5 Å². The van der Waals surface area contributed by atoms with Crippen molar-refractivity contribution in [1.82, 2.24) is 24.4 Å².